The first kappa shape index (κ1) is 17.1. The summed E-state index contributed by atoms with van der Waals surface area (Å²) in [5, 5.41) is 3.78. The Morgan fingerprint density at radius 1 is 1.27 bits per heavy atom. The minimum Gasteiger partial charge on any atom is -0.481 e. The average molecular weight is 324 g/mol. The van der Waals surface area contributed by atoms with Gasteiger partial charge < -0.3 is 10.1 Å². The molecular formula is C18H26ClNO2. The first-order valence-electron chi connectivity index (χ1n) is 8.20. The molecule has 0 aromatic heterocycles. The van der Waals surface area contributed by atoms with E-state index in [0.29, 0.717) is 16.7 Å². The molecule has 2 rings (SSSR count). The second-order valence-corrected chi connectivity index (χ2v) is 6.80. The monoisotopic (exact) mass is 323 g/mol. The standard InChI is InChI=1S/C18H26ClNO2/c1-12-11-16(19)9-10-17(12)22-14(3)18(21)20-13(2)15-7-5-4-6-8-15/h9-11,13-15H,4-8H2,1-3H3,(H,20,21)/t13-,14+/m0/s1. The minimum absolute atomic E-state index is 0.0487. The van der Waals surface area contributed by atoms with Gasteiger partial charge in [0, 0.05) is 11.1 Å². The van der Waals surface area contributed by atoms with Gasteiger partial charge in [-0.05, 0) is 63.3 Å². The third kappa shape index (κ3) is 4.64. The molecule has 0 aliphatic heterocycles. The molecule has 1 aromatic rings. The number of nitrogens with one attached hydrogen (secondary N) is 1. The highest BCUT2D eigenvalue weighted by Crippen LogP contribution is 2.26. The molecule has 1 N–H and O–H groups in total. The number of amides is 1. The first-order valence-corrected chi connectivity index (χ1v) is 8.58. The van der Waals surface area contributed by atoms with Crippen molar-refractivity contribution in [2.75, 3.05) is 0 Å². The van der Waals surface area contributed by atoms with Crippen molar-refractivity contribution in [1.29, 1.82) is 0 Å². The van der Waals surface area contributed by atoms with Crippen molar-refractivity contribution in [2.24, 2.45) is 5.92 Å². The summed E-state index contributed by atoms with van der Waals surface area (Å²) >= 11 is 5.94. The molecule has 0 spiro atoms. The Labute approximate surface area is 138 Å². The number of aryl methyl sites for hydroxylation is 1. The number of halogens is 1. The van der Waals surface area contributed by atoms with Crippen molar-refractivity contribution >= 4 is 17.5 Å². The van der Waals surface area contributed by atoms with Gasteiger partial charge in [-0.2, -0.15) is 0 Å². The van der Waals surface area contributed by atoms with Crippen molar-refractivity contribution in [3.63, 3.8) is 0 Å². The molecular weight excluding hydrogens is 298 g/mol. The Balaban J connectivity index is 1.88. The van der Waals surface area contributed by atoms with Gasteiger partial charge in [0.2, 0.25) is 0 Å². The SMILES string of the molecule is Cc1cc(Cl)ccc1O[C@H](C)C(=O)N[C@@H](C)C1CCCCC1. The summed E-state index contributed by atoms with van der Waals surface area (Å²) < 4.78 is 5.78. The molecule has 4 heteroatoms. The second-order valence-electron chi connectivity index (χ2n) is 6.37. The molecule has 3 nitrogen and oxygen atoms in total. The molecule has 1 fully saturated rings. The van der Waals surface area contributed by atoms with Crippen molar-refractivity contribution in [3.8, 4) is 5.75 Å². The van der Waals surface area contributed by atoms with E-state index in [2.05, 4.69) is 12.2 Å². The lowest BCUT2D eigenvalue weighted by atomic mass is 9.84. The van der Waals surface area contributed by atoms with Gasteiger partial charge in [0.25, 0.3) is 5.91 Å². The lowest BCUT2D eigenvalue weighted by Gasteiger charge is -2.29. The van der Waals surface area contributed by atoms with Crippen molar-refractivity contribution in [3.05, 3.63) is 28.8 Å². The summed E-state index contributed by atoms with van der Waals surface area (Å²) in [7, 11) is 0. The van der Waals surface area contributed by atoms with E-state index in [1.165, 1.54) is 32.1 Å². The molecule has 0 heterocycles. The van der Waals surface area contributed by atoms with Gasteiger partial charge in [0.05, 0.1) is 0 Å². The van der Waals surface area contributed by atoms with Crippen molar-refractivity contribution < 1.29 is 9.53 Å². The zero-order valence-corrected chi connectivity index (χ0v) is 14.5. The number of benzene rings is 1. The Hall–Kier alpha value is -1.22. The van der Waals surface area contributed by atoms with Gasteiger partial charge in [-0.1, -0.05) is 30.9 Å². The maximum absolute atomic E-state index is 12.3. The predicted molar refractivity (Wildman–Crippen MR) is 90.5 cm³/mol. The fourth-order valence-electron chi connectivity index (χ4n) is 3.08. The van der Waals surface area contributed by atoms with E-state index in [1.807, 2.05) is 19.1 Å². The summed E-state index contributed by atoms with van der Waals surface area (Å²) in [5.41, 5.74) is 0.937. The van der Waals surface area contributed by atoms with Gasteiger partial charge in [-0.25, -0.2) is 0 Å². The van der Waals surface area contributed by atoms with Crippen LogP contribution in [0.1, 0.15) is 51.5 Å². The Kier molecular flexibility index (Phi) is 6.13. The van der Waals surface area contributed by atoms with Gasteiger partial charge in [0.15, 0.2) is 6.10 Å². The van der Waals surface area contributed by atoms with E-state index in [9.17, 15) is 4.79 Å². The molecule has 1 aliphatic carbocycles. The third-order valence-electron chi connectivity index (χ3n) is 4.54. The van der Waals surface area contributed by atoms with Crippen LogP contribution >= 0.6 is 11.6 Å². The number of ether oxygens (including phenoxy) is 1. The smallest absolute Gasteiger partial charge is 0.260 e. The molecule has 0 unspecified atom stereocenters. The summed E-state index contributed by atoms with van der Waals surface area (Å²) in [6, 6.07) is 5.64. The molecule has 2 atom stereocenters. The van der Waals surface area contributed by atoms with Crippen LogP contribution in [0.3, 0.4) is 0 Å². The van der Waals surface area contributed by atoms with Crippen LogP contribution in [0.2, 0.25) is 5.02 Å². The van der Waals surface area contributed by atoms with E-state index in [1.54, 1.807) is 13.0 Å². The highest BCUT2D eigenvalue weighted by molar-refractivity contribution is 6.30. The number of carbonyl (C=O) groups is 1. The molecule has 1 aliphatic rings. The Bertz CT molecular complexity index is 512. The van der Waals surface area contributed by atoms with E-state index < -0.39 is 6.10 Å². The van der Waals surface area contributed by atoms with Crippen LogP contribution in [0.15, 0.2) is 18.2 Å². The number of hydrogen-bond donors (Lipinski definition) is 1. The molecule has 0 bridgehead atoms. The first-order chi connectivity index (χ1) is 10.5. The third-order valence-corrected chi connectivity index (χ3v) is 4.77. The van der Waals surface area contributed by atoms with E-state index >= 15 is 0 Å². The normalized spacial score (nSPS) is 18.5. The number of rotatable bonds is 5. The minimum atomic E-state index is -0.508. The summed E-state index contributed by atoms with van der Waals surface area (Å²) in [6.07, 6.45) is 5.81. The Morgan fingerprint density at radius 2 is 1.95 bits per heavy atom. The quantitative estimate of drug-likeness (QED) is 0.866. The van der Waals surface area contributed by atoms with Gasteiger partial charge in [0.1, 0.15) is 5.75 Å². The van der Waals surface area contributed by atoms with Crippen LogP contribution in [0.25, 0.3) is 0 Å². The van der Waals surface area contributed by atoms with Crippen LogP contribution in [0, 0.1) is 12.8 Å². The largest absolute Gasteiger partial charge is 0.481 e. The van der Waals surface area contributed by atoms with Crippen LogP contribution in [0.5, 0.6) is 5.75 Å². The van der Waals surface area contributed by atoms with Crippen LogP contribution in [-0.2, 0) is 4.79 Å². The highest BCUT2D eigenvalue weighted by Gasteiger charge is 2.24. The molecule has 0 radical (unpaired) electrons. The lowest BCUT2D eigenvalue weighted by molar-refractivity contribution is -0.128. The number of hydrogen-bond acceptors (Lipinski definition) is 2. The zero-order chi connectivity index (χ0) is 16.1. The van der Waals surface area contributed by atoms with E-state index in [4.69, 9.17) is 16.3 Å². The summed E-state index contributed by atoms with van der Waals surface area (Å²) in [4.78, 5) is 12.3. The number of carbonyl (C=O) groups excluding carboxylic acids is 1. The average Bonchev–Trinajstić information content (AvgIpc) is 2.50. The molecule has 1 aromatic carbocycles. The van der Waals surface area contributed by atoms with Crippen LogP contribution in [-0.4, -0.2) is 18.1 Å². The lowest BCUT2D eigenvalue weighted by Crippen LogP contribution is -2.44. The maximum atomic E-state index is 12.3. The molecule has 0 saturated heterocycles. The topological polar surface area (TPSA) is 38.3 Å². The van der Waals surface area contributed by atoms with Crippen molar-refractivity contribution in [1.82, 2.24) is 5.32 Å². The molecule has 1 saturated carbocycles. The fraction of sp³-hybridized carbons (Fsp3) is 0.611. The van der Waals surface area contributed by atoms with Crippen LogP contribution < -0.4 is 10.1 Å². The molecule has 22 heavy (non-hydrogen) atoms. The van der Waals surface area contributed by atoms with E-state index in [-0.39, 0.29) is 11.9 Å². The second kappa shape index (κ2) is 7.87. The van der Waals surface area contributed by atoms with Crippen molar-refractivity contribution in [2.45, 2.75) is 65.0 Å². The molecule has 1 amide bonds. The fourth-order valence-corrected chi connectivity index (χ4v) is 3.31. The van der Waals surface area contributed by atoms with E-state index in [0.717, 1.165) is 5.56 Å². The van der Waals surface area contributed by atoms with Gasteiger partial charge >= 0.3 is 0 Å². The highest BCUT2D eigenvalue weighted by atomic mass is 35.5. The molecule has 122 valence electrons. The Morgan fingerprint density at radius 3 is 2.59 bits per heavy atom. The maximum Gasteiger partial charge on any atom is 0.260 e. The summed E-state index contributed by atoms with van der Waals surface area (Å²) in [5.74, 6) is 1.26. The van der Waals surface area contributed by atoms with Crippen LogP contribution in [0.4, 0.5) is 0 Å². The zero-order valence-electron chi connectivity index (χ0n) is 13.7. The summed E-state index contributed by atoms with van der Waals surface area (Å²) in [6.45, 7) is 5.82. The predicted octanol–water partition coefficient (Wildman–Crippen LogP) is 4.50. The van der Waals surface area contributed by atoms with Gasteiger partial charge in [-0.3, -0.25) is 4.79 Å². The van der Waals surface area contributed by atoms with Gasteiger partial charge in [-0.15, -0.1) is 0 Å².